The average Bonchev–Trinajstić information content (AvgIpc) is 3.09. The van der Waals surface area contributed by atoms with Crippen molar-refractivity contribution in [2.75, 3.05) is 7.05 Å². The van der Waals surface area contributed by atoms with Crippen molar-refractivity contribution >= 4 is 23.5 Å². The zero-order chi connectivity index (χ0) is 18.4. The van der Waals surface area contributed by atoms with Gasteiger partial charge in [0.05, 0.1) is 0 Å². The molecule has 1 aromatic carbocycles. The molecule has 0 saturated carbocycles. The molecule has 0 radical (unpaired) electrons. The van der Waals surface area contributed by atoms with E-state index in [-0.39, 0.29) is 18.3 Å². The van der Waals surface area contributed by atoms with Crippen molar-refractivity contribution in [3.05, 3.63) is 28.9 Å². The van der Waals surface area contributed by atoms with Gasteiger partial charge >= 0.3 is 6.09 Å². The lowest BCUT2D eigenvalue weighted by molar-refractivity contribution is -0.110. The van der Waals surface area contributed by atoms with E-state index < -0.39 is 11.7 Å². The summed E-state index contributed by atoms with van der Waals surface area (Å²) in [5, 5.41) is 0. The van der Waals surface area contributed by atoms with Crippen molar-refractivity contribution in [1.82, 2.24) is 9.88 Å². The molecule has 1 atom stereocenters. The minimum atomic E-state index is -0.597. The molecule has 0 bridgehead atoms. The van der Waals surface area contributed by atoms with E-state index in [1.54, 1.807) is 27.8 Å². The predicted octanol–water partition coefficient (Wildman–Crippen LogP) is 3.25. The van der Waals surface area contributed by atoms with Crippen LogP contribution in [0.1, 0.15) is 37.8 Å². The summed E-state index contributed by atoms with van der Waals surface area (Å²) in [4.78, 5) is 28.8. The summed E-state index contributed by atoms with van der Waals surface area (Å²) in [6, 6.07) is 1.30. The van der Waals surface area contributed by atoms with Crippen molar-refractivity contribution in [2.24, 2.45) is 5.92 Å². The Bertz CT molecular complexity index is 838. The van der Waals surface area contributed by atoms with Gasteiger partial charge in [-0.15, -0.1) is 0 Å². The summed E-state index contributed by atoms with van der Waals surface area (Å²) in [6.07, 6.45) is 1.21. The highest BCUT2D eigenvalue weighted by molar-refractivity contribution is 5.80. The Morgan fingerprint density at radius 2 is 2.12 bits per heavy atom. The zero-order valence-electron chi connectivity index (χ0n) is 14.8. The minimum absolute atomic E-state index is 0.108. The highest BCUT2D eigenvalue weighted by atomic mass is 19.1. The Labute approximate surface area is 144 Å². The number of rotatable bonds is 3. The molecule has 3 rings (SSSR count). The Morgan fingerprint density at radius 1 is 1.44 bits per heavy atom. The fourth-order valence-corrected chi connectivity index (χ4v) is 2.99. The number of hydrogen-bond donors (Lipinski definition) is 0. The van der Waals surface area contributed by atoms with Gasteiger partial charge in [0.25, 0.3) is 0 Å². The molecule has 7 heteroatoms. The maximum atomic E-state index is 14.2. The Kier molecular flexibility index (Phi) is 4.26. The lowest BCUT2D eigenvalue weighted by atomic mass is 10.1. The number of amides is 1. The van der Waals surface area contributed by atoms with Crippen LogP contribution < -0.4 is 0 Å². The minimum Gasteiger partial charge on any atom is -0.444 e. The molecule has 25 heavy (non-hydrogen) atoms. The van der Waals surface area contributed by atoms with Gasteiger partial charge in [-0.25, -0.2) is 14.2 Å². The quantitative estimate of drug-likeness (QED) is 0.796. The smallest absolute Gasteiger partial charge is 0.410 e. The fourth-order valence-electron chi connectivity index (χ4n) is 2.99. The molecule has 6 nitrogen and oxygen atoms in total. The maximum Gasteiger partial charge on any atom is 0.410 e. The van der Waals surface area contributed by atoms with Crippen LogP contribution in [0, 0.1) is 11.7 Å². The van der Waals surface area contributed by atoms with Crippen molar-refractivity contribution in [3.8, 4) is 0 Å². The van der Waals surface area contributed by atoms with Gasteiger partial charge in [-0.05, 0) is 44.7 Å². The van der Waals surface area contributed by atoms with Crippen LogP contribution in [-0.2, 0) is 28.9 Å². The molecule has 0 aliphatic heterocycles. The lowest BCUT2D eigenvalue weighted by Crippen LogP contribution is -2.33. The molecule has 134 valence electrons. The molecule has 0 spiro atoms. The number of nitrogens with zero attached hydrogens (tertiary/aromatic N) is 2. The standard InChI is InChI=1S/C18H21FN2O4/c1-18(2,3)25-17(23)21(4)8-15-20-16-12-6-10(9-22)5-11(12)13(19)7-14(16)24-15/h7,9-10H,5-6,8H2,1-4H3. The molecule has 0 fully saturated rings. The van der Waals surface area contributed by atoms with Crippen molar-refractivity contribution < 1.29 is 23.1 Å². The van der Waals surface area contributed by atoms with Gasteiger partial charge in [-0.1, -0.05) is 0 Å². The van der Waals surface area contributed by atoms with Crippen LogP contribution in [0.3, 0.4) is 0 Å². The van der Waals surface area contributed by atoms with Crippen LogP contribution >= 0.6 is 0 Å². The van der Waals surface area contributed by atoms with Crippen LogP contribution in [0.2, 0.25) is 0 Å². The first-order valence-electron chi connectivity index (χ1n) is 8.17. The van der Waals surface area contributed by atoms with Gasteiger partial charge < -0.3 is 18.8 Å². The number of oxazole rings is 1. The molecule has 0 N–H and O–H groups in total. The van der Waals surface area contributed by atoms with Crippen LogP contribution in [0.15, 0.2) is 10.5 Å². The lowest BCUT2D eigenvalue weighted by Gasteiger charge is -2.23. The zero-order valence-corrected chi connectivity index (χ0v) is 14.8. The van der Waals surface area contributed by atoms with Gasteiger partial charge in [0.2, 0.25) is 5.89 Å². The molecular weight excluding hydrogens is 327 g/mol. The monoisotopic (exact) mass is 348 g/mol. The number of benzene rings is 1. The Morgan fingerprint density at radius 3 is 2.76 bits per heavy atom. The number of aromatic nitrogens is 1. The molecule has 1 aliphatic carbocycles. The van der Waals surface area contributed by atoms with E-state index in [4.69, 9.17) is 9.15 Å². The second kappa shape index (κ2) is 6.13. The molecule has 1 heterocycles. The van der Waals surface area contributed by atoms with Gasteiger partial charge in [-0.3, -0.25) is 0 Å². The van der Waals surface area contributed by atoms with E-state index in [0.717, 1.165) is 11.8 Å². The number of hydrogen-bond acceptors (Lipinski definition) is 5. The molecule has 0 saturated heterocycles. The summed E-state index contributed by atoms with van der Waals surface area (Å²) >= 11 is 0. The van der Waals surface area contributed by atoms with E-state index in [2.05, 4.69) is 4.98 Å². The first-order chi connectivity index (χ1) is 11.7. The SMILES string of the molecule is CN(Cc1nc2c3c(c(F)cc2o1)CC(C=O)C3)C(=O)OC(C)(C)C. The molecule has 1 amide bonds. The van der Waals surface area contributed by atoms with E-state index in [0.29, 0.717) is 35.4 Å². The average molecular weight is 348 g/mol. The fraction of sp³-hybridized carbons (Fsp3) is 0.500. The van der Waals surface area contributed by atoms with Crippen molar-refractivity contribution in [1.29, 1.82) is 0 Å². The molecular formula is C18H21FN2O4. The van der Waals surface area contributed by atoms with Crippen molar-refractivity contribution in [2.45, 2.75) is 45.8 Å². The van der Waals surface area contributed by atoms with E-state index >= 15 is 0 Å². The number of fused-ring (bicyclic) bond motifs is 3. The highest BCUT2D eigenvalue weighted by Crippen LogP contribution is 2.34. The normalized spacial score (nSPS) is 16.8. The number of halogens is 1. The van der Waals surface area contributed by atoms with Crippen LogP contribution in [-0.4, -0.2) is 34.9 Å². The van der Waals surface area contributed by atoms with Gasteiger partial charge in [0.15, 0.2) is 5.58 Å². The number of carbonyl (C=O) groups is 2. The van der Waals surface area contributed by atoms with E-state index in [9.17, 15) is 14.0 Å². The summed E-state index contributed by atoms with van der Waals surface area (Å²) in [7, 11) is 1.58. The highest BCUT2D eigenvalue weighted by Gasteiger charge is 2.29. The molecule has 1 aliphatic rings. The number of ether oxygens (including phenoxy) is 1. The summed E-state index contributed by atoms with van der Waals surface area (Å²) < 4.78 is 25.1. The van der Waals surface area contributed by atoms with Crippen molar-refractivity contribution in [3.63, 3.8) is 0 Å². The first kappa shape index (κ1) is 17.4. The van der Waals surface area contributed by atoms with E-state index in [1.807, 2.05) is 0 Å². The third-order valence-corrected chi connectivity index (χ3v) is 4.10. The molecule has 2 aromatic rings. The van der Waals surface area contributed by atoms with E-state index in [1.165, 1.54) is 11.0 Å². The first-order valence-corrected chi connectivity index (χ1v) is 8.17. The number of aldehydes is 1. The Balaban J connectivity index is 1.85. The van der Waals surface area contributed by atoms with Crippen LogP contribution in [0.4, 0.5) is 9.18 Å². The van der Waals surface area contributed by atoms with Gasteiger partial charge in [0.1, 0.15) is 29.8 Å². The third-order valence-electron chi connectivity index (χ3n) is 4.10. The van der Waals surface area contributed by atoms with Crippen LogP contribution in [0.25, 0.3) is 11.1 Å². The summed E-state index contributed by atoms with van der Waals surface area (Å²) in [5.41, 5.74) is 1.55. The Hall–Kier alpha value is -2.44. The third kappa shape index (κ3) is 3.50. The molecule has 1 unspecified atom stereocenters. The summed E-state index contributed by atoms with van der Waals surface area (Å²) in [5.74, 6) is -0.305. The maximum absolute atomic E-state index is 14.2. The second-order valence-electron chi connectivity index (χ2n) is 7.41. The predicted molar refractivity (Wildman–Crippen MR) is 88.6 cm³/mol. The van der Waals surface area contributed by atoms with Gasteiger partial charge in [-0.2, -0.15) is 0 Å². The number of carbonyl (C=O) groups excluding carboxylic acids is 2. The molecule has 1 aromatic heterocycles. The summed E-state index contributed by atoms with van der Waals surface area (Å²) in [6.45, 7) is 5.46. The van der Waals surface area contributed by atoms with Gasteiger partial charge in [0, 0.05) is 19.0 Å². The topological polar surface area (TPSA) is 72.6 Å². The largest absolute Gasteiger partial charge is 0.444 e. The second-order valence-corrected chi connectivity index (χ2v) is 7.41. The van der Waals surface area contributed by atoms with Crippen LogP contribution in [0.5, 0.6) is 0 Å².